The summed E-state index contributed by atoms with van der Waals surface area (Å²) >= 11 is 0. The maximum atomic E-state index is 11.3. The van der Waals surface area contributed by atoms with E-state index in [2.05, 4.69) is 9.64 Å². The van der Waals surface area contributed by atoms with Gasteiger partial charge in [0.25, 0.3) is 0 Å². The number of carbonyl (C=O) groups is 2. The van der Waals surface area contributed by atoms with Crippen molar-refractivity contribution in [3.8, 4) is 0 Å². The Bertz CT molecular complexity index is 297. The lowest BCUT2D eigenvalue weighted by Crippen LogP contribution is -2.34. The van der Waals surface area contributed by atoms with Crippen LogP contribution in [0.25, 0.3) is 0 Å². The lowest BCUT2D eigenvalue weighted by molar-refractivity contribution is -0.139. The third kappa shape index (κ3) is 10.5. The number of carbonyl (C=O) groups excluding carboxylic acids is 2. The fraction of sp³-hybridized carbons (Fsp3) is 0.692. The van der Waals surface area contributed by atoms with Gasteiger partial charge in [-0.3, -0.25) is 4.90 Å². The van der Waals surface area contributed by atoms with Crippen LogP contribution >= 0.6 is 0 Å². The number of hydrogen-bond acceptors (Lipinski definition) is 7. The van der Waals surface area contributed by atoms with Gasteiger partial charge in [0.15, 0.2) is 0 Å². The Kier molecular flexibility index (Phi) is 11.7. The monoisotopic (exact) mass is 289 g/mol. The number of ether oxygens (including phenoxy) is 4. The maximum Gasteiger partial charge on any atom is 0.331 e. The van der Waals surface area contributed by atoms with Crippen molar-refractivity contribution in [2.24, 2.45) is 0 Å². The number of methoxy groups -OCH3 is 3. The van der Waals surface area contributed by atoms with Crippen LogP contribution in [0.2, 0.25) is 0 Å². The molecule has 116 valence electrons. The number of rotatable bonds is 11. The molecule has 0 aliphatic rings. The maximum absolute atomic E-state index is 11.3. The molecule has 0 saturated heterocycles. The van der Waals surface area contributed by atoms with Crippen molar-refractivity contribution in [2.45, 2.75) is 0 Å². The second kappa shape index (κ2) is 12.6. The molecule has 0 unspecified atom stereocenters. The van der Waals surface area contributed by atoms with E-state index in [1.807, 2.05) is 0 Å². The van der Waals surface area contributed by atoms with Crippen LogP contribution in [0.1, 0.15) is 0 Å². The van der Waals surface area contributed by atoms with Gasteiger partial charge in [-0.15, -0.1) is 0 Å². The number of nitrogens with zero attached hydrogens (tertiary/aromatic N) is 1. The SMILES string of the molecule is COCCN(CCOC)CCOC(=O)/C=C/C(=O)OC. The molecule has 0 aromatic rings. The summed E-state index contributed by atoms with van der Waals surface area (Å²) in [6.07, 6.45) is 2.07. The van der Waals surface area contributed by atoms with Crippen LogP contribution < -0.4 is 0 Å². The first-order valence-electron chi connectivity index (χ1n) is 6.27. The molecule has 0 aromatic carbocycles. The highest BCUT2D eigenvalue weighted by Crippen LogP contribution is 1.91. The van der Waals surface area contributed by atoms with Crippen LogP contribution in [0.4, 0.5) is 0 Å². The molecular formula is C13H23NO6. The Morgan fingerprint density at radius 1 is 0.850 bits per heavy atom. The zero-order valence-electron chi connectivity index (χ0n) is 12.3. The van der Waals surface area contributed by atoms with Gasteiger partial charge in [-0.05, 0) is 0 Å². The molecule has 7 nitrogen and oxygen atoms in total. The Morgan fingerprint density at radius 3 is 1.85 bits per heavy atom. The Balaban J connectivity index is 3.93. The van der Waals surface area contributed by atoms with Crippen LogP contribution in [-0.2, 0) is 28.5 Å². The summed E-state index contributed by atoms with van der Waals surface area (Å²) in [5, 5.41) is 0. The first-order chi connectivity index (χ1) is 9.63. The Morgan fingerprint density at radius 2 is 1.35 bits per heavy atom. The minimum Gasteiger partial charge on any atom is -0.466 e. The molecule has 0 heterocycles. The van der Waals surface area contributed by atoms with Gasteiger partial charge in [0, 0.05) is 46.0 Å². The summed E-state index contributed by atoms with van der Waals surface area (Å²) in [7, 11) is 4.50. The van der Waals surface area contributed by atoms with E-state index in [0.717, 1.165) is 25.2 Å². The average molecular weight is 289 g/mol. The van der Waals surface area contributed by atoms with Crippen LogP contribution in [0.5, 0.6) is 0 Å². The highest BCUT2D eigenvalue weighted by atomic mass is 16.5. The number of hydrogen-bond donors (Lipinski definition) is 0. The highest BCUT2D eigenvalue weighted by Gasteiger charge is 2.06. The summed E-state index contributed by atoms with van der Waals surface area (Å²) in [5.74, 6) is -1.17. The third-order valence-corrected chi connectivity index (χ3v) is 2.43. The summed E-state index contributed by atoms with van der Waals surface area (Å²) in [4.78, 5) is 24.1. The van der Waals surface area contributed by atoms with E-state index in [9.17, 15) is 9.59 Å². The normalized spacial score (nSPS) is 11.0. The Hall–Kier alpha value is -1.44. The van der Waals surface area contributed by atoms with E-state index in [-0.39, 0.29) is 6.61 Å². The van der Waals surface area contributed by atoms with Crippen molar-refractivity contribution in [3.05, 3.63) is 12.2 Å². The quantitative estimate of drug-likeness (QED) is 0.387. The largest absolute Gasteiger partial charge is 0.466 e. The molecule has 0 fully saturated rings. The molecule has 0 aromatic heterocycles. The van der Waals surface area contributed by atoms with Crippen molar-refractivity contribution in [2.75, 3.05) is 60.8 Å². The first-order valence-corrected chi connectivity index (χ1v) is 6.27. The van der Waals surface area contributed by atoms with Crippen molar-refractivity contribution in [1.29, 1.82) is 0 Å². The molecule has 0 atom stereocenters. The van der Waals surface area contributed by atoms with E-state index >= 15 is 0 Å². The van der Waals surface area contributed by atoms with E-state index in [0.29, 0.717) is 19.8 Å². The highest BCUT2D eigenvalue weighted by molar-refractivity contribution is 5.91. The molecule has 7 heteroatoms. The van der Waals surface area contributed by atoms with Crippen LogP contribution in [-0.4, -0.2) is 77.6 Å². The molecule has 0 bridgehead atoms. The van der Waals surface area contributed by atoms with Crippen LogP contribution in [0, 0.1) is 0 Å². The van der Waals surface area contributed by atoms with Gasteiger partial charge < -0.3 is 18.9 Å². The fourth-order valence-corrected chi connectivity index (χ4v) is 1.30. The zero-order chi connectivity index (χ0) is 15.2. The smallest absolute Gasteiger partial charge is 0.331 e. The Labute approximate surface area is 119 Å². The second-order valence-electron chi connectivity index (χ2n) is 3.85. The molecule has 0 radical (unpaired) electrons. The number of esters is 2. The van der Waals surface area contributed by atoms with Gasteiger partial charge >= 0.3 is 11.9 Å². The summed E-state index contributed by atoms with van der Waals surface area (Å²) < 4.78 is 19.3. The van der Waals surface area contributed by atoms with Crippen molar-refractivity contribution >= 4 is 11.9 Å². The first kappa shape index (κ1) is 18.6. The molecule has 0 N–H and O–H groups in total. The van der Waals surface area contributed by atoms with Crippen LogP contribution in [0.3, 0.4) is 0 Å². The molecule has 0 amide bonds. The predicted octanol–water partition coefficient (Wildman–Crippen LogP) is -0.146. The van der Waals surface area contributed by atoms with Crippen molar-refractivity contribution < 1.29 is 28.5 Å². The lowest BCUT2D eigenvalue weighted by atomic mass is 10.4. The van der Waals surface area contributed by atoms with Gasteiger partial charge in [-0.2, -0.15) is 0 Å². The molecule has 20 heavy (non-hydrogen) atoms. The minimum atomic E-state index is -0.594. The standard InChI is InChI=1S/C13H23NO6/c1-17-9-6-14(7-10-18-2)8-11-20-13(16)5-4-12(15)19-3/h4-5H,6-11H2,1-3H3/b5-4+. The lowest BCUT2D eigenvalue weighted by Gasteiger charge is -2.20. The van der Waals surface area contributed by atoms with Gasteiger partial charge in [0.05, 0.1) is 20.3 Å². The summed E-state index contributed by atoms with van der Waals surface area (Å²) in [6.45, 7) is 3.47. The van der Waals surface area contributed by atoms with Gasteiger partial charge in [-0.25, -0.2) is 9.59 Å². The predicted molar refractivity (Wildman–Crippen MR) is 72.3 cm³/mol. The molecule has 0 rings (SSSR count). The molecule has 0 saturated carbocycles. The molecule has 0 aliphatic heterocycles. The fourth-order valence-electron chi connectivity index (χ4n) is 1.30. The van der Waals surface area contributed by atoms with Gasteiger partial charge in [-0.1, -0.05) is 0 Å². The van der Waals surface area contributed by atoms with E-state index in [1.54, 1.807) is 14.2 Å². The minimum absolute atomic E-state index is 0.234. The molecule has 0 spiro atoms. The summed E-state index contributed by atoms with van der Waals surface area (Å²) in [5.41, 5.74) is 0. The topological polar surface area (TPSA) is 74.3 Å². The van der Waals surface area contributed by atoms with Crippen LogP contribution in [0.15, 0.2) is 12.2 Å². The van der Waals surface area contributed by atoms with Crippen molar-refractivity contribution in [1.82, 2.24) is 4.90 Å². The summed E-state index contributed by atoms with van der Waals surface area (Å²) in [6, 6.07) is 0. The molecular weight excluding hydrogens is 266 g/mol. The van der Waals surface area contributed by atoms with E-state index in [4.69, 9.17) is 14.2 Å². The van der Waals surface area contributed by atoms with E-state index < -0.39 is 11.9 Å². The zero-order valence-corrected chi connectivity index (χ0v) is 12.3. The van der Waals surface area contributed by atoms with E-state index in [1.165, 1.54) is 7.11 Å². The molecule has 0 aliphatic carbocycles. The van der Waals surface area contributed by atoms with Gasteiger partial charge in [0.1, 0.15) is 6.61 Å². The van der Waals surface area contributed by atoms with Crippen molar-refractivity contribution in [3.63, 3.8) is 0 Å². The third-order valence-electron chi connectivity index (χ3n) is 2.43. The van der Waals surface area contributed by atoms with Gasteiger partial charge in [0.2, 0.25) is 0 Å². The second-order valence-corrected chi connectivity index (χ2v) is 3.85. The average Bonchev–Trinajstić information content (AvgIpc) is 2.46.